The number of hydrogen-bond donors (Lipinski definition) is 0. The van der Waals surface area contributed by atoms with E-state index in [0.717, 1.165) is 0 Å². The van der Waals surface area contributed by atoms with Crippen LogP contribution in [-0.2, 0) is 9.47 Å². The summed E-state index contributed by atoms with van der Waals surface area (Å²) in [6.07, 6.45) is -0.326. The largest absolute Gasteiger partial charge is 0.446 e. The molecule has 5 heteroatoms. The molecule has 0 spiro atoms. The van der Waals surface area contributed by atoms with E-state index in [0.29, 0.717) is 23.6 Å². The van der Waals surface area contributed by atoms with Crippen molar-refractivity contribution < 1.29 is 18.7 Å². The molecule has 0 aliphatic rings. The molecule has 0 amide bonds. The third-order valence-electron chi connectivity index (χ3n) is 1.91. The van der Waals surface area contributed by atoms with Crippen molar-refractivity contribution in [1.29, 1.82) is 0 Å². The summed E-state index contributed by atoms with van der Waals surface area (Å²) in [6, 6.07) is 3.31. The minimum Gasteiger partial charge on any atom is -0.446 e. The molecule has 0 aromatic carbocycles. The van der Waals surface area contributed by atoms with Crippen molar-refractivity contribution in [2.75, 3.05) is 13.2 Å². The van der Waals surface area contributed by atoms with Crippen molar-refractivity contribution in [2.24, 2.45) is 0 Å². The van der Waals surface area contributed by atoms with E-state index in [-0.39, 0.29) is 12.2 Å². The average molecular weight is 291 g/mol. The fourth-order valence-electron chi connectivity index (χ4n) is 1.25. The van der Waals surface area contributed by atoms with Crippen LogP contribution >= 0.6 is 15.9 Å². The van der Waals surface area contributed by atoms with E-state index in [1.165, 1.54) is 0 Å². The summed E-state index contributed by atoms with van der Waals surface area (Å²) in [5.74, 6) is 0.189. The molecular weight excluding hydrogens is 276 g/mol. The summed E-state index contributed by atoms with van der Waals surface area (Å²) in [7, 11) is 0. The minimum absolute atomic E-state index is 0.127. The van der Waals surface area contributed by atoms with Gasteiger partial charge in [-0.2, -0.15) is 0 Å². The van der Waals surface area contributed by atoms with Crippen molar-refractivity contribution >= 4 is 21.7 Å². The number of rotatable bonds is 7. The molecule has 0 aliphatic carbocycles. The van der Waals surface area contributed by atoms with Crippen molar-refractivity contribution in [3.8, 4) is 0 Å². The van der Waals surface area contributed by atoms with Crippen LogP contribution in [0.15, 0.2) is 21.2 Å². The Kier molecular flexibility index (Phi) is 5.73. The summed E-state index contributed by atoms with van der Waals surface area (Å²) in [5, 5.41) is 0. The van der Waals surface area contributed by atoms with Crippen molar-refractivity contribution in [3.05, 3.63) is 22.6 Å². The number of Topliss-reactive ketones (excluding diaryl/α,β-unsaturated/α-hetero) is 1. The molecule has 4 nitrogen and oxygen atoms in total. The van der Waals surface area contributed by atoms with Crippen LogP contribution in [0, 0.1) is 0 Å². The first-order chi connectivity index (χ1) is 7.67. The van der Waals surface area contributed by atoms with Crippen LogP contribution in [0.25, 0.3) is 0 Å². The summed E-state index contributed by atoms with van der Waals surface area (Å²) in [6.45, 7) is 4.75. The number of halogens is 1. The zero-order chi connectivity index (χ0) is 12.0. The molecule has 0 saturated heterocycles. The fraction of sp³-hybridized carbons (Fsp3) is 0.545. The first-order valence-electron chi connectivity index (χ1n) is 5.19. The summed E-state index contributed by atoms with van der Waals surface area (Å²) >= 11 is 3.15. The summed E-state index contributed by atoms with van der Waals surface area (Å²) < 4.78 is 16.3. The third kappa shape index (κ3) is 4.08. The van der Waals surface area contributed by atoms with Crippen molar-refractivity contribution in [3.63, 3.8) is 0 Å². The molecule has 0 bridgehead atoms. The number of carbonyl (C=O) groups excluding carboxylic acids is 1. The Bertz CT molecular complexity index is 328. The van der Waals surface area contributed by atoms with E-state index in [2.05, 4.69) is 15.9 Å². The van der Waals surface area contributed by atoms with Gasteiger partial charge in [0.15, 0.2) is 16.7 Å². The van der Waals surface area contributed by atoms with Gasteiger partial charge in [-0.05, 0) is 41.9 Å². The molecular formula is C11H15BrO4. The molecule has 0 atom stereocenters. The van der Waals surface area contributed by atoms with Gasteiger partial charge in [-0.15, -0.1) is 0 Å². The van der Waals surface area contributed by atoms with Gasteiger partial charge in [0.1, 0.15) is 0 Å². The zero-order valence-electron chi connectivity index (χ0n) is 9.36. The predicted octanol–water partition coefficient (Wildman–Crippen LogP) is 3.01. The molecule has 1 heterocycles. The Labute approximate surface area is 103 Å². The van der Waals surface area contributed by atoms with Crippen LogP contribution in [-0.4, -0.2) is 25.3 Å². The van der Waals surface area contributed by atoms with E-state index < -0.39 is 6.29 Å². The predicted molar refractivity (Wildman–Crippen MR) is 62.4 cm³/mol. The van der Waals surface area contributed by atoms with Gasteiger partial charge < -0.3 is 13.9 Å². The van der Waals surface area contributed by atoms with E-state index in [4.69, 9.17) is 13.9 Å². The Morgan fingerprint density at radius 1 is 1.38 bits per heavy atom. The van der Waals surface area contributed by atoms with Crippen molar-refractivity contribution in [1.82, 2.24) is 0 Å². The van der Waals surface area contributed by atoms with Crippen LogP contribution in [0.5, 0.6) is 0 Å². The van der Waals surface area contributed by atoms with Crippen LogP contribution in [0.3, 0.4) is 0 Å². The quantitative estimate of drug-likeness (QED) is 0.572. The summed E-state index contributed by atoms with van der Waals surface area (Å²) in [4.78, 5) is 11.7. The van der Waals surface area contributed by atoms with E-state index in [9.17, 15) is 4.79 Å². The SMILES string of the molecule is CCOC(CC(=O)c1ccc(Br)o1)OCC. The number of carbonyl (C=O) groups is 1. The maximum absolute atomic E-state index is 11.7. The lowest BCUT2D eigenvalue weighted by atomic mass is 10.2. The molecule has 0 N–H and O–H groups in total. The van der Waals surface area contributed by atoms with E-state index in [1.54, 1.807) is 12.1 Å². The molecule has 0 unspecified atom stereocenters. The van der Waals surface area contributed by atoms with Crippen LogP contribution in [0.1, 0.15) is 30.8 Å². The lowest BCUT2D eigenvalue weighted by Crippen LogP contribution is -2.21. The Balaban J connectivity index is 2.54. The smallest absolute Gasteiger partial charge is 0.203 e. The van der Waals surface area contributed by atoms with Gasteiger partial charge in [-0.1, -0.05) is 0 Å². The van der Waals surface area contributed by atoms with E-state index in [1.807, 2.05) is 13.8 Å². The number of ketones is 1. The molecule has 0 fully saturated rings. The van der Waals surface area contributed by atoms with Crippen LogP contribution in [0.2, 0.25) is 0 Å². The molecule has 16 heavy (non-hydrogen) atoms. The fourth-order valence-corrected chi connectivity index (χ4v) is 1.56. The maximum Gasteiger partial charge on any atom is 0.203 e. The average Bonchev–Trinajstić information content (AvgIpc) is 2.65. The Hall–Kier alpha value is -0.650. The molecule has 1 rings (SSSR count). The first-order valence-corrected chi connectivity index (χ1v) is 5.98. The van der Waals surface area contributed by atoms with Gasteiger partial charge in [0.25, 0.3) is 0 Å². The molecule has 90 valence electrons. The lowest BCUT2D eigenvalue weighted by Gasteiger charge is -2.15. The van der Waals surface area contributed by atoms with Gasteiger partial charge in [0.05, 0.1) is 6.42 Å². The highest BCUT2D eigenvalue weighted by molar-refractivity contribution is 9.10. The highest BCUT2D eigenvalue weighted by Crippen LogP contribution is 2.16. The molecule has 0 saturated carbocycles. The first kappa shape index (κ1) is 13.4. The number of hydrogen-bond acceptors (Lipinski definition) is 4. The topological polar surface area (TPSA) is 48.7 Å². The second-order valence-corrected chi connectivity index (χ2v) is 3.85. The lowest BCUT2D eigenvalue weighted by molar-refractivity contribution is -0.133. The molecule has 1 aromatic rings. The van der Waals surface area contributed by atoms with Gasteiger partial charge in [0, 0.05) is 13.2 Å². The number of furan rings is 1. The Morgan fingerprint density at radius 2 is 2.00 bits per heavy atom. The van der Waals surface area contributed by atoms with Gasteiger partial charge >= 0.3 is 0 Å². The highest BCUT2D eigenvalue weighted by atomic mass is 79.9. The monoisotopic (exact) mass is 290 g/mol. The van der Waals surface area contributed by atoms with Gasteiger partial charge in [-0.25, -0.2) is 0 Å². The zero-order valence-corrected chi connectivity index (χ0v) is 11.0. The van der Waals surface area contributed by atoms with Crippen LogP contribution < -0.4 is 0 Å². The minimum atomic E-state index is -0.494. The summed E-state index contributed by atoms with van der Waals surface area (Å²) in [5.41, 5.74) is 0. The molecule has 0 radical (unpaired) electrons. The Morgan fingerprint density at radius 3 is 2.44 bits per heavy atom. The second-order valence-electron chi connectivity index (χ2n) is 3.07. The highest BCUT2D eigenvalue weighted by Gasteiger charge is 2.18. The van der Waals surface area contributed by atoms with Gasteiger partial charge in [0.2, 0.25) is 5.78 Å². The second kappa shape index (κ2) is 6.83. The van der Waals surface area contributed by atoms with Crippen LogP contribution in [0.4, 0.5) is 0 Å². The standard InChI is InChI=1S/C11H15BrO4/c1-3-14-11(15-4-2)7-8(13)9-5-6-10(12)16-9/h5-6,11H,3-4,7H2,1-2H3. The van der Waals surface area contributed by atoms with Crippen molar-refractivity contribution in [2.45, 2.75) is 26.6 Å². The molecule has 1 aromatic heterocycles. The maximum atomic E-state index is 11.7. The van der Waals surface area contributed by atoms with E-state index >= 15 is 0 Å². The third-order valence-corrected chi connectivity index (χ3v) is 2.33. The van der Waals surface area contributed by atoms with Gasteiger partial charge in [-0.3, -0.25) is 4.79 Å². The molecule has 0 aliphatic heterocycles. The number of ether oxygens (including phenoxy) is 2. The normalized spacial score (nSPS) is 11.0.